The van der Waals surface area contributed by atoms with Crippen LogP contribution in [0, 0.1) is 5.92 Å². The third kappa shape index (κ3) is 4.37. The average molecular weight is 292 g/mol. The Balaban J connectivity index is 1.83. The molecule has 0 aromatic rings. The Morgan fingerprint density at radius 3 is 2.37 bits per heavy atom. The summed E-state index contributed by atoms with van der Waals surface area (Å²) in [5, 5.41) is 4.87. The maximum atomic E-state index is 12.2. The molecule has 2 aliphatic rings. The third-order valence-electron chi connectivity index (χ3n) is 3.66. The highest BCUT2D eigenvalue weighted by Crippen LogP contribution is 2.18. The lowest BCUT2D eigenvalue weighted by atomic mass is 9.98. The highest BCUT2D eigenvalue weighted by atomic mass is 32.2. The maximum Gasteiger partial charge on any atom is 0.292 e. The number of rotatable bonds is 5. The fraction of sp³-hybridized carbons (Fsp3) is 1.00. The Hall–Kier alpha value is -0.250. The topological polar surface area (TPSA) is 73.9 Å². The molecule has 0 unspecified atom stereocenters. The average Bonchev–Trinajstić information content (AvgIpc) is 2.40. The van der Waals surface area contributed by atoms with Crippen LogP contribution in [0.4, 0.5) is 0 Å². The van der Waals surface area contributed by atoms with E-state index in [1.54, 1.807) is 9.31 Å². The Morgan fingerprint density at radius 2 is 1.79 bits per heavy atom. The Bertz CT molecular complexity index is 362. The molecule has 0 bridgehead atoms. The lowest BCUT2D eigenvalue weighted by molar-refractivity contribution is 0.0259. The van der Waals surface area contributed by atoms with Gasteiger partial charge in [-0.05, 0) is 32.4 Å². The van der Waals surface area contributed by atoms with Crippen molar-refractivity contribution in [3.63, 3.8) is 0 Å². The van der Waals surface area contributed by atoms with E-state index in [0.717, 1.165) is 19.4 Å². The fourth-order valence-corrected chi connectivity index (χ4v) is 3.83. The summed E-state index contributed by atoms with van der Waals surface area (Å²) in [4.78, 5) is 2.65. The van der Waals surface area contributed by atoms with Gasteiger partial charge in [-0.3, -0.25) is 0 Å². The van der Waals surface area contributed by atoms with Gasteiger partial charge in [-0.1, -0.05) is 0 Å². The molecule has 2 rings (SSSR count). The molecule has 19 heavy (non-hydrogen) atoms. The molecule has 2 N–H and O–H groups in total. The van der Waals surface area contributed by atoms with Gasteiger partial charge in [0.15, 0.2) is 0 Å². The summed E-state index contributed by atoms with van der Waals surface area (Å²) in [5.41, 5.74) is 0. The van der Waals surface area contributed by atoms with Crippen LogP contribution in [0.15, 0.2) is 0 Å². The molecule has 2 heterocycles. The van der Waals surface area contributed by atoms with Gasteiger partial charge in [-0.25, -0.2) is 5.01 Å². The third-order valence-corrected chi connectivity index (χ3v) is 5.20. The smallest absolute Gasteiger partial charge is 0.292 e. The Labute approximate surface area is 115 Å². The van der Waals surface area contributed by atoms with Crippen molar-refractivity contribution in [1.82, 2.24) is 19.5 Å². The minimum Gasteiger partial charge on any atom is -0.379 e. The van der Waals surface area contributed by atoms with E-state index in [2.05, 4.69) is 10.1 Å². The molecular weight excluding hydrogens is 268 g/mol. The Morgan fingerprint density at radius 1 is 1.16 bits per heavy atom. The summed E-state index contributed by atoms with van der Waals surface area (Å²) in [6, 6.07) is 0. The molecule has 0 spiro atoms. The number of hydrogen-bond donors (Lipinski definition) is 2. The number of hydrazine groups is 1. The minimum absolute atomic E-state index is 0.576. The largest absolute Gasteiger partial charge is 0.379 e. The first-order valence-electron chi connectivity index (χ1n) is 6.86. The first kappa shape index (κ1) is 15.1. The van der Waals surface area contributed by atoms with Gasteiger partial charge in [0.1, 0.15) is 0 Å². The number of ether oxygens (including phenoxy) is 1. The molecule has 2 fully saturated rings. The second-order valence-corrected chi connectivity index (χ2v) is 6.74. The zero-order valence-electron chi connectivity index (χ0n) is 11.5. The highest BCUT2D eigenvalue weighted by molar-refractivity contribution is 7.87. The van der Waals surface area contributed by atoms with E-state index in [4.69, 9.17) is 4.74 Å². The van der Waals surface area contributed by atoms with Crippen molar-refractivity contribution in [2.75, 3.05) is 53.0 Å². The van der Waals surface area contributed by atoms with Gasteiger partial charge >= 0.3 is 0 Å². The number of nitrogens with one attached hydrogen (secondary N) is 2. The van der Waals surface area contributed by atoms with E-state index in [-0.39, 0.29) is 0 Å². The molecule has 8 heteroatoms. The maximum absolute atomic E-state index is 12.2. The van der Waals surface area contributed by atoms with Crippen LogP contribution in [0.2, 0.25) is 0 Å². The molecule has 2 saturated heterocycles. The van der Waals surface area contributed by atoms with Crippen LogP contribution >= 0.6 is 0 Å². The first-order valence-corrected chi connectivity index (χ1v) is 8.30. The predicted molar refractivity (Wildman–Crippen MR) is 72.7 cm³/mol. The molecule has 0 amide bonds. The summed E-state index contributed by atoms with van der Waals surface area (Å²) in [6.45, 7) is 4.53. The molecule has 112 valence electrons. The zero-order valence-corrected chi connectivity index (χ0v) is 12.3. The summed E-state index contributed by atoms with van der Waals surface area (Å²) >= 11 is 0. The second-order valence-electron chi connectivity index (χ2n) is 5.10. The van der Waals surface area contributed by atoms with Gasteiger partial charge in [0.2, 0.25) is 0 Å². The molecular formula is C11H24N4O3S. The number of morpholine rings is 1. The predicted octanol–water partition coefficient (Wildman–Crippen LogP) is -1.00. The quantitative estimate of drug-likeness (QED) is 0.680. The summed E-state index contributed by atoms with van der Waals surface area (Å²) in [7, 11) is -1.45. The Kier molecular flexibility index (Phi) is 5.55. The van der Waals surface area contributed by atoms with E-state index in [0.29, 0.717) is 45.3 Å². The van der Waals surface area contributed by atoms with Crippen molar-refractivity contribution < 1.29 is 13.2 Å². The molecule has 0 atom stereocenters. The monoisotopic (exact) mass is 292 g/mol. The lowest BCUT2D eigenvalue weighted by Gasteiger charge is -2.34. The molecule has 0 aromatic heterocycles. The van der Waals surface area contributed by atoms with Crippen LogP contribution in [0.3, 0.4) is 0 Å². The number of piperidine rings is 1. The van der Waals surface area contributed by atoms with Crippen molar-refractivity contribution in [3.8, 4) is 0 Å². The fourth-order valence-electron chi connectivity index (χ4n) is 2.52. The van der Waals surface area contributed by atoms with Gasteiger partial charge < -0.3 is 10.1 Å². The summed E-state index contributed by atoms with van der Waals surface area (Å²) in [5.74, 6) is 0.583. The molecule has 0 radical (unpaired) electrons. The van der Waals surface area contributed by atoms with Crippen LogP contribution in [-0.2, 0) is 14.9 Å². The van der Waals surface area contributed by atoms with E-state index in [1.165, 1.54) is 0 Å². The molecule has 7 nitrogen and oxygen atoms in total. The molecule has 0 aromatic carbocycles. The summed E-state index contributed by atoms with van der Waals surface area (Å²) in [6.07, 6.45) is 1.84. The highest BCUT2D eigenvalue weighted by Gasteiger charge is 2.29. The van der Waals surface area contributed by atoms with Gasteiger partial charge in [-0.2, -0.15) is 12.7 Å². The standard InChI is InChI=1S/C11H24N4O3S/c1-12-10-11-2-4-15(5-3-11)19(16,17)13-14-6-8-18-9-7-14/h11-13H,2-10H2,1H3. The molecule has 0 aliphatic carbocycles. The van der Waals surface area contributed by atoms with Gasteiger partial charge in [0, 0.05) is 26.2 Å². The van der Waals surface area contributed by atoms with E-state index in [1.807, 2.05) is 7.05 Å². The van der Waals surface area contributed by atoms with E-state index in [9.17, 15) is 8.42 Å². The molecule has 0 saturated carbocycles. The second kappa shape index (κ2) is 6.96. The van der Waals surface area contributed by atoms with Crippen molar-refractivity contribution >= 4 is 10.2 Å². The zero-order chi connectivity index (χ0) is 13.7. The van der Waals surface area contributed by atoms with Gasteiger partial charge in [0.05, 0.1) is 13.2 Å². The number of nitrogens with zero attached hydrogens (tertiary/aromatic N) is 2. The van der Waals surface area contributed by atoms with Crippen LogP contribution < -0.4 is 10.1 Å². The van der Waals surface area contributed by atoms with Crippen molar-refractivity contribution in [3.05, 3.63) is 0 Å². The summed E-state index contributed by atoms with van der Waals surface area (Å²) < 4.78 is 31.2. The van der Waals surface area contributed by atoms with Crippen LogP contribution in [0.5, 0.6) is 0 Å². The van der Waals surface area contributed by atoms with Crippen molar-refractivity contribution in [2.45, 2.75) is 12.8 Å². The minimum atomic E-state index is -3.39. The normalized spacial score (nSPS) is 24.7. The van der Waals surface area contributed by atoms with Crippen LogP contribution in [0.1, 0.15) is 12.8 Å². The lowest BCUT2D eigenvalue weighted by Crippen LogP contribution is -2.54. The SMILES string of the molecule is CNCC1CCN(S(=O)(=O)NN2CCOCC2)CC1. The van der Waals surface area contributed by atoms with E-state index >= 15 is 0 Å². The van der Waals surface area contributed by atoms with Crippen molar-refractivity contribution in [2.24, 2.45) is 5.92 Å². The first-order chi connectivity index (χ1) is 9.12. The number of hydrogen-bond acceptors (Lipinski definition) is 5. The van der Waals surface area contributed by atoms with Crippen molar-refractivity contribution in [1.29, 1.82) is 0 Å². The van der Waals surface area contributed by atoms with Crippen LogP contribution in [-0.4, -0.2) is 70.7 Å². The molecule has 2 aliphatic heterocycles. The van der Waals surface area contributed by atoms with Gasteiger partial charge in [0.25, 0.3) is 10.2 Å². The van der Waals surface area contributed by atoms with Gasteiger partial charge in [-0.15, -0.1) is 4.83 Å². The van der Waals surface area contributed by atoms with E-state index < -0.39 is 10.2 Å². The van der Waals surface area contributed by atoms with Crippen LogP contribution in [0.25, 0.3) is 0 Å².